The quantitative estimate of drug-likeness (QED) is 0.640. The van der Waals surface area contributed by atoms with E-state index >= 15 is 0 Å². The third-order valence-electron chi connectivity index (χ3n) is 5.18. The van der Waals surface area contributed by atoms with E-state index in [1.54, 1.807) is 23.5 Å². The van der Waals surface area contributed by atoms with Crippen molar-refractivity contribution in [2.24, 2.45) is 0 Å². The molecule has 4 nitrogen and oxygen atoms in total. The fourth-order valence-corrected chi connectivity index (χ4v) is 4.49. The first-order valence-corrected chi connectivity index (χ1v) is 10.4. The van der Waals surface area contributed by atoms with Crippen molar-refractivity contribution in [1.29, 1.82) is 0 Å². The smallest absolute Gasteiger partial charge is 0.251 e. The molecule has 1 aromatic heterocycles. The minimum Gasteiger partial charge on any atom is -0.457 e. The summed E-state index contributed by atoms with van der Waals surface area (Å²) < 4.78 is 11.3. The summed E-state index contributed by atoms with van der Waals surface area (Å²) in [5.41, 5.74) is 0.604. The van der Waals surface area contributed by atoms with Crippen molar-refractivity contribution in [3.8, 4) is 11.5 Å². The van der Waals surface area contributed by atoms with Crippen LogP contribution in [0.25, 0.3) is 0 Å². The molecule has 2 heterocycles. The SMILES string of the molecule is O=C(NCC1(c2cccs2)CCOCC1)c1ccc(Oc2ccccc2)cc1. The van der Waals surface area contributed by atoms with Crippen LogP contribution in [0.2, 0.25) is 0 Å². The first-order valence-electron chi connectivity index (χ1n) is 9.48. The van der Waals surface area contributed by atoms with E-state index in [0.29, 0.717) is 17.9 Å². The largest absolute Gasteiger partial charge is 0.457 e. The van der Waals surface area contributed by atoms with E-state index in [1.807, 2.05) is 42.5 Å². The van der Waals surface area contributed by atoms with Gasteiger partial charge in [-0.25, -0.2) is 0 Å². The van der Waals surface area contributed by atoms with Gasteiger partial charge in [0.2, 0.25) is 0 Å². The van der Waals surface area contributed by atoms with E-state index in [9.17, 15) is 4.79 Å². The molecule has 1 aliphatic rings. The van der Waals surface area contributed by atoms with Crippen LogP contribution in [-0.4, -0.2) is 25.7 Å². The lowest BCUT2D eigenvalue weighted by atomic mass is 9.78. The summed E-state index contributed by atoms with van der Waals surface area (Å²) in [4.78, 5) is 14.0. The molecule has 0 spiro atoms. The van der Waals surface area contributed by atoms with Crippen molar-refractivity contribution in [3.63, 3.8) is 0 Å². The zero-order valence-corrected chi connectivity index (χ0v) is 16.4. The Morgan fingerprint density at radius 3 is 2.36 bits per heavy atom. The topological polar surface area (TPSA) is 47.6 Å². The van der Waals surface area contributed by atoms with Crippen LogP contribution in [0.15, 0.2) is 72.1 Å². The molecule has 4 rings (SSSR count). The summed E-state index contributed by atoms with van der Waals surface area (Å²) in [5.74, 6) is 1.42. The fraction of sp³-hybridized carbons (Fsp3) is 0.261. The number of ether oxygens (including phenoxy) is 2. The molecule has 1 N–H and O–H groups in total. The normalized spacial score (nSPS) is 15.7. The average Bonchev–Trinajstić information content (AvgIpc) is 3.30. The molecule has 144 valence electrons. The molecule has 1 aliphatic heterocycles. The Labute approximate surface area is 169 Å². The lowest BCUT2D eigenvalue weighted by Crippen LogP contribution is -2.44. The van der Waals surface area contributed by atoms with Gasteiger partial charge in [0, 0.05) is 35.6 Å². The minimum atomic E-state index is -0.0614. The second-order valence-electron chi connectivity index (χ2n) is 6.99. The standard InChI is InChI=1S/C23H23NO3S/c25-22(18-8-10-20(11-9-18)27-19-5-2-1-3-6-19)24-17-23(12-14-26-15-13-23)21-7-4-16-28-21/h1-11,16H,12-15,17H2,(H,24,25). The molecule has 0 unspecified atom stereocenters. The van der Waals surface area contributed by atoms with Crippen LogP contribution in [0.1, 0.15) is 28.1 Å². The molecule has 5 heteroatoms. The van der Waals surface area contributed by atoms with Gasteiger partial charge in [0.15, 0.2) is 0 Å². The van der Waals surface area contributed by atoms with E-state index in [2.05, 4.69) is 22.8 Å². The number of hydrogen-bond acceptors (Lipinski definition) is 4. The summed E-state index contributed by atoms with van der Waals surface area (Å²) in [5, 5.41) is 5.24. The third kappa shape index (κ3) is 4.26. The Hall–Kier alpha value is -2.63. The number of hydrogen-bond donors (Lipinski definition) is 1. The number of carbonyl (C=O) groups excluding carboxylic acids is 1. The molecule has 0 aliphatic carbocycles. The van der Waals surface area contributed by atoms with Gasteiger partial charge in [0.05, 0.1) is 0 Å². The van der Waals surface area contributed by atoms with Crippen molar-refractivity contribution in [1.82, 2.24) is 5.32 Å². The zero-order chi connectivity index (χ0) is 19.2. The number of para-hydroxylation sites is 1. The van der Waals surface area contributed by atoms with Gasteiger partial charge < -0.3 is 14.8 Å². The second-order valence-corrected chi connectivity index (χ2v) is 7.94. The molecule has 1 amide bonds. The van der Waals surface area contributed by atoms with Gasteiger partial charge in [-0.2, -0.15) is 0 Å². The number of amides is 1. The van der Waals surface area contributed by atoms with Crippen LogP contribution in [-0.2, 0) is 10.2 Å². The molecular weight excluding hydrogens is 370 g/mol. The van der Waals surface area contributed by atoms with Gasteiger partial charge >= 0.3 is 0 Å². The Morgan fingerprint density at radius 2 is 1.68 bits per heavy atom. The molecule has 28 heavy (non-hydrogen) atoms. The number of carbonyl (C=O) groups is 1. The molecular formula is C23H23NO3S. The predicted molar refractivity (Wildman–Crippen MR) is 111 cm³/mol. The first-order chi connectivity index (χ1) is 13.8. The first kappa shape index (κ1) is 18.7. The van der Waals surface area contributed by atoms with Crippen LogP contribution in [0, 0.1) is 0 Å². The molecule has 3 aromatic rings. The predicted octanol–water partition coefficient (Wildman–Crippen LogP) is 5.02. The highest BCUT2D eigenvalue weighted by Gasteiger charge is 2.35. The van der Waals surface area contributed by atoms with Crippen molar-refractivity contribution >= 4 is 17.2 Å². The summed E-state index contributed by atoms with van der Waals surface area (Å²) >= 11 is 1.76. The van der Waals surface area contributed by atoms with E-state index in [1.165, 1.54) is 4.88 Å². The second kappa shape index (κ2) is 8.59. The van der Waals surface area contributed by atoms with Crippen LogP contribution < -0.4 is 10.1 Å². The number of nitrogens with one attached hydrogen (secondary N) is 1. The minimum absolute atomic E-state index is 0.0293. The lowest BCUT2D eigenvalue weighted by Gasteiger charge is -2.36. The summed E-state index contributed by atoms with van der Waals surface area (Å²) in [7, 11) is 0. The number of benzene rings is 2. The van der Waals surface area contributed by atoms with Crippen molar-refractivity contribution in [2.75, 3.05) is 19.8 Å². The molecule has 0 bridgehead atoms. The van der Waals surface area contributed by atoms with E-state index < -0.39 is 0 Å². The maximum Gasteiger partial charge on any atom is 0.251 e. The Bertz CT molecular complexity index is 885. The van der Waals surface area contributed by atoms with Crippen LogP contribution in [0.4, 0.5) is 0 Å². The lowest BCUT2D eigenvalue weighted by molar-refractivity contribution is 0.0499. The number of thiophene rings is 1. The van der Waals surface area contributed by atoms with Gasteiger partial charge in [0.25, 0.3) is 5.91 Å². The molecule has 1 fully saturated rings. The molecule has 0 saturated carbocycles. The summed E-state index contributed by atoms with van der Waals surface area (Å²) in [6.45, 7) is 2.09. The van der Waals surface area contributed by atoms with E-state index in [-0.39, 0.29) is 11.3 Å². The average molecular weight is 394 g/mol. The summed E-state index contributed by atoms with van der Waals surface area (Å²) in [6.07, 6.45) is 1.86. The maximum absolute atomic E-state index is 12.7. The highest BCUT2D eigenvalue weighted by atomic mass is 32.1. The molecule has 1 saturated heterocycles. The zero-order valence-electron chi connectivity index (χ0n) is 15.6. The van der Waals surface area contributed by atoms with Crippen LogP contribution in [0.3, 0.4) is 0 Å². The highest BCUT2D eigenvalue weighted by Crippen LogP contribution is 2.37. The molecule has 0 radical (unpaired) electrons. The highest BCUT2D eigenvalue weighted by molar-refractivity contribution is 7.10. The Kier molecular flexibility index (Phi) is 5.74. The van der Waals surface area contributed by atoms with Gasteiger partial charge in [-0.1, -0.05) is 24.3 Å². The van der Waals surface area contributed by atoms with Crippen LogP contribution in [0.5, 0.6) is 11.5 Å². The van der Waals surface area contributed by atoms with Gasteiger partial charge in [-0.05, 0) is 60.7 Å². The van der Waals surface area contributed by atoms with Crippen molar-refractivity contribution in [2.45, 2.75) is 18.3 Å². The third-order valence-corrected chi connectivity index (χ3v) is 6.29. The van der Waals surface area contributed by atoms with E-state index in [0.717, 1.165) is 31.8 Å². The number of rotatable bonds is 6. The Balaban J connectivity index is 1.40. The fourth-order valence-electron chi connectivity index (χ4n) is 3.50. The summed E-state index contributed by atoms with van der Waals surface area (Å²) in [6, 6.07) is 21.1. The molecule has 2 aromatic carbocycles. The van der Waals surface area contributed by atoms with Gasteiger partial charge in [-0.15, -0.1) is 11.3 Å². The maximum atomic E-state index is 12.7. The van der Waals surface area contributed by atoms with Crippen molar-refractivity contribution < 1.29 is 14.3 Å². The van der Waals surface area contributed by atoms with Gasteiger partial charge in [-0.3, -0.25) is 4.79 Å². The van der Waals surface area contributed by atoms with Crippen molar-refractivity contribution in [3.05, 3.63) is 82.6 Å². The molecule has 0 atom stereocenters. The monoisotopic (exact) mass is 393 g/mol. The van der Waals surface area contributed by atoms with E-state index in [4.69, 9.17) is 9.47 Å². The van der Waals surface area contributed by atoms with Crippen LogP contribution >= 0.6 is 11.3 Å². The Morgan fingerprint density at radius 1 is 0.964 bits per heavy atom. The van der Waals surface area contributed by atoms with Gasteiger partial charge in [0.1, 0.15) is 11.5 Å².